The molecule has 2 aromatic carbocycles. The van der Waals surface area contributed by atoms with Crippen LogP contribution in [0.4, 0.5) is 5.95 Å². The van der Waals surface area contributed by atoms with E-state index in [9.17, 15) is 28.8 Å². The first-order valence-corrected chi connectivity index (χ1v) is 16.1. The van der Waals surface area contributed by atoms with Gasteiger partial charge in [-0.3, -0.25) is 39.4 Å². The zero-order valence-electron chi connectivity index (χ0n) is 27.2. The van der Waals surface area contributed by atoms with E-state index in [0.717, 1.165) is 5.56 Å². The molecule has 51 heavy (non-hydrogen) atoms. The van der Waals surface area contributed by atoms with Crippen LogP contribution < -0.4 is 32.3 Å². The SMILES string of the molecule is NCc1ccccc1.O=C1CCC(NC(=O)c2ccnc(Cl)n2)C(=O)N1.O=C1CCC(NC(=O)c2ccnc(NCc3ccccc3)n2)C(=O)N1. The predicted octanol–water partition coefficient (Wildman–Crippen LogP) is 1.43. The Morgan fingerprint density at radius 1 is 0.706 bits per heavy atom. The van der Waals surface area contributed by atoms with Crippen molar-refractivity contribution in [1.82, 2.24) is 41.2 Å². The van der Waals surface area contributed by atoms with Crippen LogP contribution in [0.2, 0.25) is 5.28 Å². The van der Waals surface area contributed by atoms with Crippen molar-refractivity contribution in [2.24, 2.45) is 5.73 Å². The van der Waals surface area contributed by atoms with Crippen molar-refractivity contribution in [1.29, 1.82) is 0 Å². The van der Waals surface area contributed by atoms with Gasteiger partial charge < -0.3 is 21.7 Å². The van der Waals surface area contributed by atoms with Crippen LogP contribution in [0.15, 0.2) is 85.2 Å². The van der Waals surface area contributed by atoms with Crippen LogP contribution in [-0.4, -0.2) is 67.5 Å². The third-order valence-electron chi connectivity index (χ3n) is 7.21. The number of carbonyl (C=O) groups is 6. The maximum absolute atomic E-state index is 12.3. The summed E-state index contributed by atoms with van der Waals surface area (Å²) < 4.78 is 0. The summed E-state index contributed by atoms with van der Waals surface area (Å²) >= 11 is 5.55. The Morgan fingerprint density at radius 2 is 1.20 bits per heavy atom. The van der Waals surface area contributed by atoms with Gasteiger partial charge in [-0.2, -0.15) is 0 Å². The summed E-state index contributed by atoms with van der Waals surface area (Å²) in [5.41, 5.74) is 7.81. The number of rotatable bonds is 8. The van der Waals surface area contributed by atoms with E-state index in [4.69, 9.17) is 17.3 Å². The molecule has 2 fully saturated rings. The summed E-state index contributed by atoms with van der Waals surface area (Å²) in [6.45, 7) is 1.17. The molecular weight excluding hydrogens is 680 g/mol. The molecule has 2 aromatic heterocycles. The van der Waals surface area contributed by atoms with Gasteiger partial charge in [0.05, 0.1) is 0 Å². The molecule has 0 aliphatic carbocycles. The maximum atomic E-state index is 12.3. The number of hydrogen-bond donors (Lipinski definition) is 6. The Labute approximate surface area is 297 Å². The standard InChI is InChI=1S/C17H17N5O3.C10H9ClN4O3.C7H9N/c23-14-7-6-12(16(25)22-14)20-15(24)13-8-9-18-17(21-13)19-10-11-4-2-1-3-5-11;11-10-12-4-3-6(14-10)8(17)13-5-1-2-7(16)15-9(5)18;8-6-7-4-2-1-3-5-7/h1-5,8-9,12H,6-7,10H2,(H,20,24)(H,18,19,21)(H,22,23,25);3-5H,1-2H2,(H,13,17)(H,15,16,18);1-5H,6,8H2. The van der Waals surface area contributed by atoms with Gasteiger partial charge >= 0.3 is 0 Å². The third kappa shape index (κ3) is 12.4. The number of piperidine rings is 2. The molecule has 2 aliphatic rings. The fraction of sp³-hybridized carbons (Fsp3) is 0.235. The van der Waals surface area contributed by atoms with Crippen molar-refractivity contribution in [3.63, 3.8) is 0 Å². The normalized spacial score (nSPS) is 16.5. The molecule has 0 radical (unpaired) electrons. The second-order valence-electron chi connectivity index (χ2n) is 11.0. The molecule has 2 aliphatic heterocycles. The van der Waals surface area contributed by atoms with Crippen LogP contribution in [0.3, 0.4) is 0 Å². The number of amides is 6. The van der Waals surface area contributed by atoms with E-state index in [1.807, 2.05) is 60.7 Å². The second-order valence-corrected chi connectivity index (χ2v) is 11.3. The van der Waals surface area contributed by atoms with Crippen molar-refractivity contribution in [3.8, 4) is 0 Å². The highest BCUT2D eigenvalue weighted by Gasteiger charge is 2.29. The van der Waals surface area contributed by atoms with Gasteiger partial charge in [-0.15, -0.1) is 0 Å². The molecule has 264 valence electrons. The molecule has 16 nitrogen and oxygen atoms in total. The highest BCUT2D eigenvalue weighted by atomic mass is 35.5. The molecule has 17 heteroatoms. The summed E-state index contributed by atoms with van der Waals surface area (Å²) in [6, 6.07) is 21.1. The van der Waals surface area contributed by atoms with Crippen LogP contribution >= 0.6 is 11.6 Å². The van der Waals surface area contributed by atoms with E-state index in [1.165, 1.54) is 30.1 Å². The van der Waals surface area contributed by atoms with E-state index in [0.29, 0.717) is 19.0 Å². The first kappa shape index (κ1) is 37.7. The van der Waals surface area contributed by atoms with Crippen LogP contribution in [-0.2, 0) is 32.3 Å². The summed E-state index contributed by atoms with van der Waals surface area (Å²) in [6.07, 6.45) is 3.76. The fourth-order valence-corrected chi connectivity index (χ4v) is 4.70. The van der Waals surface area contributed by atoms with E-state index in [2.05, 4.69) is 46.5 Å². The van der Waals surface area contributed by atoms with Crippen molar-refractivity contribution >= 4 is 53.0 Å². The van der Waals surface area contributed by atoms with Gasteiger partial charge in [0.2, 0.25) is 34.9 Å². The number of nitrogens with zero attached hydrogens (tertiary/aromatic N) is 4. The molecule has 2 saturated heterocycles. The van der Waals surface area contributed by atoms with Crippen molar-refractivity contribution in [2.75, 3.05) is 5.32 Å². The molecule has 6 rings (SSSR count). The highest BCUT2D eigenvalue weighted by molar-refractivity contribution is 6.28. The summed E-state index contributed by atoms with van der Waals surface area (Å²) in [5.74, 6) is -2.38. The molecule has 2 unspecified atom stereocenters. The molecule has 0 spiro atoms. The molecule has 0 saturated carbocycles. The first-order valence-electron chi connectivity index (χ1n) is 15.7. The average molecular weight is 715 g/mol. The van der Waals surface area contributed by atoms with Crippen LogP contribution in [0.5, 0.6) is 0 Å². The summed E-state index contributed by atoms with van der Waals surface area (Å²) in [7, 11) is 0. The number of hydrogen-bond acceptors (Lipinski definition) is 12. The third-order valence-corrected chi connectivity index (χ3v) is 7.39. The van der Waals surface area contributed by atoms with E-state index >= 15 is 0 Å². The Hall–Kier alpha value is -6.13. The Morgan fingerprint density at radius 3 is 1.67 bits per heavy atom. The van der Waals surface area contributed by atoms with Gasteiger partial charge in [-0.05, 0) is 47.7 Å². The van der Waals surface area contributed by atoms with Crippen molar-refractivity contribution in [3.05, 3.63) is 113 Å². The van der Waals surface area contributed by atoms with Gasteiger partial charge in [0.15, 0.2) is 0 Å². The molecule has 4 heterocycles. The minimum absolute atomic E-state index is 0.0501. The lowest BCUT2D eigenvalue weighted by Gasteiger charge is -2.21. The highest BCUT2D eigenvalue weighted by Crippen LogP contribution is 2.09. The minimum Gasteiger partial charge on any atom is -0.350 e. The lowest BCUT2D eigenvalue weighted by atomic mass is 10.1. The maximum Gasteiger partial charge on any atom is 0.270 e. The monoisotopic (exact) mass is 714 g/mol. The Balaban J connectivity index is 0.000000194. The number of halogens is 1. The molecule has 0 bridgehead atoms. The van der Waals surface area contributed by atoms with Gasteiger partial charge in [0.1, 0.15) is 23.5 Å². The second kappa shape index (κ2) is 19.2. The quantitative estimate of drug-likeness (QED) is 0.112. The van der Waals surface area contributed by atoms with Crippen molar-refractivity contribution < 1.29 is 28.8 Å². The number of benzene rings is 2. The predicted molar refractivity (Wildman–Crippen MR) is 184 cm³/mol. The summed E-state index contributed by atoms with van der Waals surface area (Å²) in [4.78, 5) is 84.9. The zero-order chi connectivity index (χ0) is 36.6. The van der Waals surface area contributed by atoms with E-state index in [-0.39, 0.29) is 54.2 Å². The number of carbonyl (C=O) groups excluding carboxylic acids is 6. The summed E-state index contributed by atoms with van der Waals surface area (Å²) in [5, 5.41) is 12.4. The zero-order valence-corrected chi connectivity index (χ0v) is 27.9. The first-order chi connectivity index (χ1) is 24.6. The number of aromatic nitrogens is 4. The Kier molecular flexibility index (Phi) is 14.2. The van der Waals surface area contributed by atoms with Crippen LogP contribution in [0.25, 0.3) is 0 Å². The molecular formula is C34H35ClN10O6. The van der Waals surface area contributed by atoms with Crippen LogP contribution in [0, 0.1) is 0 Å². The fourth-order valence-electron chi connectivity index (χ4n) is 4.55. The molecule has 2 atom stereocenters. The minimum atomic E-state index is -0.735. The van der Waals surface area contributed by atoms with Gasteiger partial charge in [-0.1, -0.05) is 60.7 Å². The number of nitrogens with one attached hydrogen (secondary N) is 5. The largest absolute Gasteiger partial charge is 0.350 e. The number of imide groups is 2. The molecule has 6 amide bonds. The lowest BCUT2D eigenvalue weighted by molar-refractivity contribution is -0.136. The molecule has 7 N–H and O–H groups in total. The van der Waals surface area contributed by atoms with Gasteiger partial charge in [0.25, 0.3) is 11.8 Å². The van der Waals surface area contributed by atoms with E-state index in [1.54, 1.807) is 0 Å². The smallest absolute Gasteiger partial charge is 0.270 e. The van der Waals surface area contributed by atoms with E-state index < -0.39 is 35.7 Å². The Bertz CT molecular complexity index is 1850. The topological polar surface area (TPSA) is 240 Å². The number of anilines is 1. The van der Waals surface area contributed by atoms with Crippen molar-refractivity contribution in [2.45, 2.75) is 50.9 Å². The molecule has 4 aromatic rings. The number of nitrogens with two attached hydrogens (primary N) is 1. The lowest BCUT2D eigenvalue weighted by Crippen LogP contribution is -2.52. The van der Waals surface area contributed by atoms with Crippen LogP contribution in [0.1, 0.15) is 57.8 Å². The van der Waals surface area contributed by atoms with Gasteiger partial charge in [-0.25, -0.2) is 19.9 Å². The average Bonchev–Trinajstić information content (AvgIpc) is 3.14. The van der Waals surface area contributed by atoms with Gasteiger partial charge in [0, 0.05) is 38.3 Å².